The first-order valence-electron chi connectivity index (χ1n) is 6.21. The molecule has 0 aliphatic rings. The summed E-state index contributed by atoms with van der Waals surface area (Å²) in [5.74, 6) is 0.442. The number of benzene rings is 1. The minimum absolute atomic E-state index is 0.125. The number of carbonyl (C=O) groups excluding carboxylic acids is 1. The van der Waals surface area contributed by atoms with Gasteiger partial charge in [-0.1, -0.05) is 44.7 Å². The van der Waals surface area contributed by atoms with Crippen LogP contribution in [0.3, 0.4) is 0 Å². The van der Waals surface area contributed by atoms with E-state index in [1.54, 1.807) is 18.2 Å². The van der Waals surface area contributed by atoms with Gasteiger partial charge in [0.25, 0.3) is 0 Å². The van der Waals surface area contributed by atoms with E-state index in [2.05, 4.69) is 15.2 Å². The van der Waals surface area contributed by atoms with Crippen LogP contribution in [0, 0.1) is 11.2 Å². The molecule has 6 heteroatoms. The molecule has 2 aromatic rings. The number of aromatic nitrogens is 3. The lowest BCUT2D eigenvalue weighted by atomic mass is 9.92. The Morgan fingerprint density at radius 3 is 2.70 bits per heavy atom. The normalized spacial score (nSPS) is 11.6. The van der Waals surface area contributed by atoms with Gasteiger partial charge in [0.05, 0.1) is 11.3 Å². The highest BCUT2D eigenvalue weighted by Crippen LogP contribution is 2.24. The number of Topliss-reactive ketones (excluding diaryl/α,β-unsaturated/α-hetero) is 1. The maximum absolute atomic E-state index is 13.6. The minimum Gasteiger partial charge on any atom is -0.298 e. The summed E-state index contributed by atoms with van der Waals surface area (Å²) in [6.07, 6.45) is 0. The van der Waals surface area contributed by atoms with Crippen molar-refractivity contribution in [3.63, 3.8) is 0 Å². The fourth-order valence-electron chi connectivity index (χ4n) is 1.43. The Morgan fingerprint density at radius 1 is 1.35 bits per heavy atom. The van der Waals surface area contributed by atoms with Gasteiger partial charge in [-0.15, -0.1) is 5.10 Å². The molecule has 1 aromatic carbocycles. The highest BCUT2D eigenvalue weighted by Gasteiger charge is 2.21. The first-order valence-corrected chi connectivity index (χ1v) is 7.20. The topological polar surface area (TPSA) is 58.6 Å². The monoisotopic (exact) mass is 293 g/mol. The molecule has 4 nitrogen and oxygen atoms in total. The van der Waals surface area contributed by atoms with E-state index in [0.717, 1.165) is 0 Å². The number of thioether (sulfide) groups is 1. The van der Waals surface area contributed by atoms with Crippen LogP contribution in [0.5, 0.6) is 0 Å². The Balaban J connectivity index is 2.07. The molecule has 20 heavy (non-hydrogen) atoms. The predicted octanol–water partition coefficient (Wildman–Crippen LogP) is 3.32. The third-order valence-electron chi connectivity index (χ3n) is 2.76. The summed E-state index contributed by atoms with van der Waals surface area (Å²) < 4.78 is 13.6. The third-order valence-corrected chi connectivity index (χ3v) is 3.61. The molecule has 0 atom stereocenters. The quantitative estimate of drug-likeness (QED) is 0.879. The number of nitrogens with zero attached hydrogens (tertiary/aromatic N) is 2. The summed E-state index contributed by atoms with van der Waals surface area (Å²) in [6, 6.07) is 6.35. The van der Waals surface area contributed by atoms with Crippen LogP contribution in [-0.2, 0) is 4.79 Å². The predicted molar refractivity (Wildman–Crippen MR) is 77.0 cm³/mol. The third kappa shape index (κ3) is 3.45. The number of carbonyl (C=O) groups is 1. The SMILES string of the molecule is CC(C)(C)C(=O)CSc1n[nH]c(-c2ccccc2F)n1. The highest BCUT2D eigenvalue weighted by atomic mass is 32.2. The van der Waals surface area contributed by atoms with Crippen LogP contribution < -0.4 is 0 Å². The molecule has 0 spiro atoms. The maximum atomic E-state index is 13.6. The zero-order valence-electron chi connectivity index (χ0n) is 11.6. The van der Waals surface area contributed by atoms with Gasteiger partial charge in [0.2, 0.25) is 5.16 Å². The number of H-pyrrole nitrogens is 1. The van der Waals surface area contributed by atoms with Crippen LogP contribution in [0.4, 0.5) is 4.39 Å². The first-order chi connectivity index (χ1) is 9.38. The van der Waals surface area contributed by atoms with Crippen LogP contribution in [0.25, 0.3) is 11.4 Å². The van der Waals surface area contributed by atoms with Crippen LogP contribution in [0.2, 0.25) is 0 Å². The molecule has 0 amide bonds. The zero-order valence-corrected chi connectivity index (χ0v) is 12.4. The summed E-state index contributed by atoms with van der Waals surface area (Å²) in [4.78, 5) is 16.0. The van der Waals surface area contributed by atoms with E-state index in [-0.39, 0.29) is 17.0 Å². The second-order valence-electron chi connectivity index (χ2n) is 5.41. The molecule has 0 unspecified atom stereocenters. The molecule has 1 N–H and O–H groups in total. The van der Waals surface area contributed by atoms with Gasteiger partial charge >= 0.3 is 0 Å². The van der Waals surface area contributed by atoms with E-state index < -0.39 is 0 Å². The van der Waals surface area contributed by atoms with E-state index in [1.165, 1.54) is 17.8 Å². The fourth-order valence-corrected chi connectivity index (χ4v) is 2.39. The molecule has 0 fully saturated rings. The second kappa shape index (κ2) is 5.75. The fraction of sp³-hybridized carbons (Fsp3) is 0.357. The van der Waals surface area contributed by atoms with E-state index >= 15 is 0 Å². The van der Waals surface area contributed by atoms with Crippen LogP contribution in [0.1, 0.15) is 20.8 Å². The molecule has 1 aromatic heterocycles. The van der Waals surface area contributed by atoms with Crippen LogP contribution >= 0.6 is 11.8 Å². The van der Waals surface area contributed by atoms with Crippen molar-refractivity contribution in [1.82, 2.24) is 15.2 Å². The number of aromatic amines is 1. The van der Waals surface area contributed by atoms with Gasteiger partial charge in [-0.2, -0.15) is 0 Å². The zero-order chi connectivity index (χ0) is 14.8. The minimum atomic E-state index is -0.377. The van der Waals surface area contributed by atoms with Crippen LogP contribution in [0.15, 0.2) is 29.4 Å². The number of ketones is 1. The lowest BCUT2D eigenvalue weighted by Gasteiger charge is -2.15. The standard InChI is InChI=1S/C14H16FN3OS/c1-14(2,3)11(19)8-20-13-16-12(17-18-13)9-6-4-5-7-10(9)15/h4-7H,8H2,1-3H3,(H,16,17,18). The molecule has 0 saturated carbocycles. The maximum Gasteiger partial charge on any atom is 0.209 e. The van der Waals surface area contributed by atoms with Crippen molar-refractivity contribution in [1.29, 1.82) is 0 Å². The smallest absolute Gasteiger partial charge is 0.209 e. The van der Waals surface area contributed by atoms with Crippen molar-refractivity contribution in [2.75, 3.05) is 5.75 Å². The Labute approximate surface area is 121 Å². The Hall–Kier alpha value is -1.69. The molecular weight excluding hydrogens is 277 g/mol. The first kappa shape index (κ1) is 14.7. The van der Waals surface area contributed by atoms with Gasteiger partial charge in [0, 0.05) is 5.41 Å². The number of halogens is 1. The van der Waals surface area contributed by atoms with Gasteiger partial charge in [-0.05, 0) is 12.1 Å². The molecule has 0 radical (unpaired) electrons. The van der Waals surface area contributed by atoms with Crippen molar-refractivity contribution >= 4 is 17.5 Å². The highest BCUT2D eigenvalue weighted by molar-refractivity contribution is 7.99. The molecule has 106 valence electrons. The van der Waals surface area contributed by atoms with Gasteiger partial charge in [-0.3, -0.25) is 9.89 Å². The summed E-state index contributed by atoms with van der Waals surface area (Å²) >= 11 is 1.25. The summed E-state index contributed by atoms with van der Waals surface area (Å²) in [6.45, 7) is 5.62. The van der Waals surface area contributed by atoms with Crippen LogP contribution in [-0.4, -0.2) is 26.7 Å². The van der Waals surface area contributed by atoms with Gasteiger partial charge in [-0.25, -0.2) is 9.37 Å². The van der Waals surface area contributed by atoms with E-state index in [1.807, 2.05) is 20.8 Å². The van der Waals surface area contributed by atoms with E-state index in [4.69, 9.17) is 0 Å². The van der Waals surface area contributed by atoms with Gasteiger partial charge in [0.15, 0.2) is 5.82 Å². The van der Waals surface area contributed by atoms with Gasteiger partial charge < -0.3 is 0 Å². The Bertz CT molecular complexity index is 619. The Morgan fingerprint density at radius 2 is 2.05 bits per heavy atom. The second-order valence-corrected chi connectivity index (χ2v) is 6.35. The molecule has 0 bridgehead atoms. The lowest BCUT2D eigenvalue weighted by molar-refractivity contribution is -0.123. The van der Waals surface area contributed by atoms with E-state index in [9.17, 15) is 9.18 Å². The summed E-state index contributed by atoms with van der Waals surface area (Å²) in [5, 5.41) is 7.13. The van der Waals surface area contributed by atoms with E-state index in [0.29, 0.717) is 22.3 Å². The average Bonchev–Trinajstić information content (AvgIpc) is 2.84. The molecule has 1 heterocycles. The molecule has 0 aliphatic carbocycles. The molecule has 0 saturated heterocycles. The molecular formula is C14H16FN3OS. The summed E-state index contributed by atoms with van der Waals surface area (Å²) in [5.41, 5.74) is -0.00786. The van der Waals surface area contributed by atoms with Crippen molar-refractivity contribution < 1.29 is 9.18 Å². The molecule has 0 aliphatic heterocycles. The Kier molecular flexibility index (Phi) is 4.23. The number of hydrogen-bond acceptors (Lipinski definition) is 4. The van der Waals surface area contributed by atoms with Crippen molar-refractivity contribution in [2.24, 2.45) is 5.41 Å². The van der Waals surface area contributed by atoms with Crippen molar-refractivity contribution in [3.05, 3.63) is 30.1 Å². The van der Waals surface area contributed by atoms with Gasteiger partial charge in [0.1, 0.15) is 11.6 Å². The number of rotatable bonds is 4. The molecule has 2 rings (SSSR count). The summed E-state index contributed by atoms with van der Waals surface area (Å²) in [7, 11) is 0. The largest absolute Gasteiger partial charge is 0.298 e. The van der Waals surface area contributed by atoms with Crippen molar-refractivity contribution in [3.8, 4) is 11.4 Å². The average molecular weight is 293 g/mol. The van der Waals surface area contributed by atoms with Crippen molar-refractivity contribution in [2.45, 2.75) is 25.9 Å². The lowest BCUT2D eigenvalue weighted by Crippen LogP contribution is -2.22. The number of hydrogen-bond donors (Lipinski definition) is 1. The number of nitrogens with one attached hydrogen (secondary N) is 1.